The van der Waals surface area contributed by atoms with Gasteiger partial charge in [-0.3, -0.25) is 9.59 Å². The van der Waals surface area contributed by atoms with E-state index >= 15 is 0 Å². The van der Waals surface area contributed by atoms with Crippen LogP contribution in [0, 0.1) is 5.82 Å². The average Bonchev–Trinajstić information content (AvgIpc) is 2.88. The third-order valence-corrected chi connectivity index (χ3v) is 6.56. The number of likely N-dealkylation sites (N-methyl/N-ethyl adjacent to an activating group) is 1. The Hall–Kier alpha value is -3.32. The minimum atomic E-state index is -0.758. The molecule has 0 fully saturated rings. The van der Waals surface area contributed by atoms with Crippen LogP contribution in [-0.4, -0.2) is 42.2 Å². The van der Waals surface area contributed by atoms with Gasteiger partial charge in [-0.2, -0.15) is 0 Å². The molecular formula is C28H31FN2O3S. The molecule has 1 atom stereocenters. The maximum Gasteiger partial charge on any atom is 0.243 e. The molecule has 3 aromatic carbocycles. The predicted molar refractivity (Wildman–Crippen MR) is 139 cm³/mol. The first-order chi connectivity index (χ1) is 17.0. The van der Waals surface area contributed by atoms with Crippen LogP contribution in [-0.2, 0) is 28.3 Å². The van der Waals surface area contributed by atoms with Gasteiger partial charge in [-0.25, -0.2) is 4.39 Å². The molecule has 0 unspecified atom stereocenters. The number of ether oxygens (including phenoxy) is 1. The van der Waals surface area contributed by atoms with E-state index in [0.29, 0.717) is 24.3 Å². The highest BCUT2D eigenvalue weighted by Crippen LogP contribution is 2.20. The molecule has 35 heavy (non-hydrogen) atoms. The van der Waals surface area contributed by atoms with Gasteiger partial charge in [0.25, 0.3) is 0 Å². The van der Waals surface area contributed by atoms with Crippen LogP contribution in [0.15, 0.2) is 78.9 Å². The molecule has 0 aliphatic rings. The molecule has 0 bridgehead atoms. The van der Waals surface area contributed by atoms with Crippen molar-refractivity contribution in [3.63, 3.8) is 0 Å². The van der Waals surface area contributed by atoms with Crippen LogP contribution >= 0.6 is 11.8 Å². The van der Waals surface area contributed by atoms with Crippen molar-refractivity contribution in [1.82, 2.24) is 10.2 Å². The Labute approximate surface area is 210 Å². The average molecular weight is 495 g/mol. The number of thioether (sulfide) groups is 1. The number of hydrogen-bond acceptors (Lipinski definition) is 4. The molecule has 184 valence electrons. The first kappa shape index (κ1) is 26.3. The molecule has 3 aromatic rings. The summed E-state index contributed by atoms with van der Waals surface area (Å²) in [5.41, 5.74) is 2.37. The highest BCUT2D eigenvalue weighted by molar-refractivity contribution is 7.99. The number of carbonyl (C=O) groups excluding carboxylic acids is 2. The van der Waals surface area contributed by atoms with Gasteiger partial charge in [-0.05, 0) is 36.2 Å². The summed E-state index contributed by atoms with van der Waals surface area (Å²) in [5.74, 6) is 0.723. The van der Waals surface area contributed by atoms with Gasteiger partial charge >= 0.3 is 0 Å². The second-order valence-electron chi connectivity index (χ2n) is 8.05. The molecule has 3 rings (SSSR count). The number of amides is 2. The van der Waals surface area contributed by atoms with Crippen molar-refractivity contribution < 1.29 is 18.7 Å². The third-order valence-electron chi connectivity index (χ3n) is 5.57. The van der Waals surface area contributed by atoms with Crippen LogP contribution in [0.4, 0.5) is 4.39 Å². The fourth-order valence-electron chi connectivity index (χ4n) is 3.72. The second-order valence-corrected chi connectivity index (χ2v) is 9.04. The monoisotopic (exact) mass is 494 g/mol. The molecule has 0 aliphatic carbocycles. The lowest BCUT2D eigenvalue weighted by molar-refractivity contribution is -0.139. The maximum atomic E-state index is 14.5. The van der Waals surface area contributed by atoms with Crippen molar-refractivity contribution in [2.75, 3.05) is 19.4 Å². The van der Waals surface area contributed by atoms with Gasteiger partial charge in [0.2, 0.25) is 11.8 Å². The van der Waals surface area contributed by atoms with E-state index in [9.17, 15) is 14.0 Å². The lowest BCUT2D eigenvalue weighted by Crippen LogP contribution is -2.51. The van der Waals surface area contributed by atoms with Crippen molar-refractivity contribution in [3.05, 3.63) is 101 Å². The van der Waals surface area contributed by atoms with Gasteiger partial charge in [0.1, 0.15) is 17.6 Å². The Morgan fingerprint density at radius 1 is 0.971 bits per heavy atom. The van der Waals surface area contributed by atoms with Gasteiger partial charge in [0.15, 0.2) is 0 Å². The summed E-state index contributed by atoms with van der Waals surface area (Å²) >= 11 is 1.46. The largest absolute Gasteiger partial charge is 0.497 e. The molecule has 2 amide bonds. The summed E-state index contributed by atoms with van der Waals surface area (Å²) in [4.78, 5) is 28.1. The molecule has 1 N–H and O–H groups in total. The fourth-order valence-corrected chi connectivity index (χ4v) is 4.59. The van der Waals surface area contributed by atoms with E-state index in [-0.39, 0.29) is 24.1 Å². The maximum absolute atomic E-state index is 14.5. The van der Waals surface area contributed by atoms with Gasteiger partial charge in [-0.15, -0.1) is 11.8 Å². The highest BCUT2D eigenvalue weighted by Gasteiger charge is 2.30. The molecule has 5 nitrogen and oxygen atoms in total. The first-order valence-corrected chi connectivity index (χ1v) is 12.7. The number of rotatable bonds is 12. The minimum Gasteiger partial charge on any atom is -0.497 e. The van der Waals surface area contributed by atoms with E-state index in [0.717, 1.165) is 16.9 Å². The van der Waals surface area contributed by atoms with Crippen LogP contribution in [0.1, 0.15) is 23.6 Å². The summed E-state index contributed by atoms with van der Waals surface area (Å²) in [6, 6.07) is 22.8. The zero-order valence-corrected chi connectivity index (χ0v) is 20.9. The number of carbonyl (C=O) groups is 2. The van der Waals surface area contributed by atoms with Crippen LogP contribution in [0.3, 0.4) is 0 Å². The van der Waals surface area contributed by atoms with Gasteiger partial charge in [0.05, 0.1) is 12.9 Å². The number of hydrogen-bond donors (Lipinski definition) is 1. The summed E-state index contributed by atoms with van der Waals surface area (Å²) in [5, 5.41) is 2.85. The summed E-state index contributed by atoms with van der Waals surface area (Å²) in [7, 11) is 1.62. The lowest BCUT2D eigenvalue weighted by atomic mass is 10.0. The predicted octanol–water partition coefficient (Wildman–Crippen LogP) is 4.84. The number of halogens is 1. The fraction of sp³-hybridized carbons (Fsp3) is 0.286. The second kappa shape index (κ2) is 13.5. The highest BCUT2D eigenvalue weighted by atomic mass is 32.2. The van der Waals surface area contributed by atoms with Crippen molar-refractivity contribution in [2.24, 2.45) is 0 Å². The number of benzene rings is 3. The van der Waals surface area contributed by atoms with Crippen molar-refractivity contribution in [2.45, 2.75) is 31.7 Å². The van der Waals surface area contributed by atoms with E-state index in [2.05, 4.69) is 5.32 Å². The topological polar surface area (TPSA) is 58.6 Å². The molecule has 0 saturated carbocycles. The quantitative estimate of drug-likeness (QED) is 0.391. The number of nitrogens with one attached hydrogen (secondary N) is 1. The number of methoxy groups -OCH3 is 1. The Kier molecular flexibility index (Phi) is 10.2. The van der Waals surface area contributed by atoms with Gasteiger partial charge in [0, 0.05) is 30.8 Å². The standard InChI is InChI=1S/C28H31FN2O3S/c1-3-30-28(33)26(17-21-9-5-4-6-10-21)31(18-23-11-7-8-12-25(23)29)27(32)20-35-19-22-13-15-24(34-2)16-14-22/h4-16,26H,3,17-20H2,1-2H3,(H,30,33)/t26-/m0/s1. The zero-order chi connectivity index (χ0) is 25.0. The summed E-state index contributed by atoms with van der Waals surface area (Å²) < 4.78 is 19.7. The normalized spacial score (nSPS) is 11.5. The summed E-state index contributed by atoms with van der Waals surface area (Å²) in [6.45, 7) is 2.30. The third kappa shape index (κ3) is 7.86. The molecular weight excluding hydrogens is 463 g/mol. The molecule has 0 aliphatic heterocycles. The Balaban J connectivity index is 1.81. The van der Waals surface area contributed by atoms with Crippen LogP contribution in [0.25, 0.3) is 0 Å². The van der Waals surface area contributed by atoms with E-state index in [1.165, 1.54) is 22.7 Å². The minimum absolute atomic E-state index is 0.0171. The Bertz CT molecular complexity index is 1090. The Morgan fingerprint density at radius 3 is 2.31 bits per heavy atom. The molecule has 7 heteroatoms. The molecule has 0 heterocycles. The molecule has 0 saturated heterocycles. The Morgan fingerprint density at radius 2 is 1.66 bits per heavy atom. The van der Waals surface area contributed by atoms with Crippen LogP contribution < -0.4 is 10.1 Å². The van der Waals surface area contributed by atoms with E-state index in [4.69, 9.17) is 4.74 Å². The smallest absolute Gasteiger partial charge is 0.243 e. The van der Waals surface area contributed by atoms with E-state index < -0.39 is 11.9 Å². The van der Waals surface area contributed by atoms with Gasteiger partial charge < -0.3 is 15.0 Å². The van der Waals surface area contributed by atoms with Crippen LogP contribution in [0.2, 0.25) is 0 Å². The lowest BCUT2D eigenvalue weighted by Gasteiger charge is -2.31. The summed E-state index contributed by atoms with van der Waals surface area (Å²) in [6.07, 6.45) is 0.343. The SMILES string of the molecule is CCNC(=O)[C@H](Cc1ccccc1)N(Cc1ccccc1F)C(=O)CSCc1ccc(OC)cc1. The number of nitrogens with zero attached hydrogens (tertiary/aromatic N) is 1. The first-order valence-electron chi connectivity index (χ1n) is 11.6. The zero-order valence-electron chi connectivity index (χ0n) is 20.1. The van der Waals surface area contributed by atoms with E-state index in [1.54, 1.807) is 25.3 Å². The van der Waals surface area contributed by atoms with E-state index in [1.807, 2.05) is 61.5 Å². The van der Waals surface area contributed by atoms with Crippen molar-refractivity contribution in [3.8, 4) is 5.75 Å². The van der Waals surface area contributed by atoms with Crippen molar-refractivity contribution in [1.29, 1.82) is 0 Å². The van der Waals surface area contributed by atoms with Crippen LogP contribution in [0.5, 0.6) is 5.75 Å². The molecule has 0 radical (unpaired) electrons. The molecule has 0 spiro atoms. The molecule has 0 aromatic heterocycles. The van der Waals surface area contributed by atoms with Gasteiger partial charge in [-0.1, -0.05) is 60.7 Å². The van der Waals surface area contributed by atoms with Crippen molar-refractivity contribution >= 4 is 23.6 Å².